The van der Waals surface area contributed by atoms with E-state index in [2.05, 4.69) is 24.5 Å². The van der Waals surface area contributed by atoms with E-state index in [9.17, 15) is 4.79 Å². The lowest BCUT2D eigenvalue weighted by molar-refractivity contribution is 0.172. The highest BCUT2D eigenvalue weighted by atomic mass is 16.5. The second-order valence-corrected chi connectivity index (χ2v) is 6.42. The zero-order valence-corrected chi connectivity index (χ0v) is 15.7. The number of anilines is 1. The number of benzene rings is 2. The van der Waals surface area contributed by atoms with Crippen molar-refractivity contribution in [2.45, 2.75) is 26.3 Å². The third-order valence-electron chi connectivity index (χ3n) is 4.00. The molecule has 5 nitrogen and oxygen atoms in total. The second kappa shape index (κ2) is 10.5. The number of carbonyl (C=O) groups excluding carboxylic acids is 1. The van der Waals surface area contributed by atoms with Gasteiger partial charge < -0.3 is 20.1 Å². The van der Waals surface area contributed by atoms with Crippen LogP contribution >= 0.6 is 0 Å². The van der Waals surface area contributed by atoms with Crippen molar-refractivity contribution >= 4 is 11.7 Å². The summed E-state index contributed by atoms with van der Waals surface area (Å²) in [5.74, 6) is 0.920. The molecule has 0 aliphatic carbocycles. The van der Waals surface area contributed by atoms with Crippen molar-refractivity contribution in [2.75, 3.05) is 25.6 Å². The van der Waals surface area contributed by atoms with Crippen LogP contribution in [0.1, 0.15) is 31.9 Å². The molecule has 2 amide bonds. The van der Waals surface area contributed by atoms with Gasteiger partial charge in [-0.25, -0.2) is 4.79 Å². The molecule has 26 heavy (non-hydrogen) atoms. The molecule has 0 bridgehead atoms. The maximum atomic E-state index is 12.5. The molecular formula is C21H28N2O3. The highest BCUT2D eigenvalue weighted by Gasteiger charge is 2.18. The summed E-state index contributed by atoms with van der Waals surface area (Å²) in [5.41, 5.74) is 1.74. The Bertz CT molecular complexity index is 674. The minimum Gasteiger partial charge on any atom is -0.491 e. The van der Waals surface area contributed by atoms with Gasteiger partial charge in [-0.1, -0.05) is 56.3 Å². The number of rotatable bonds is 9. The summed E-state index contributed by atoms with van der Waals surface area (Å²) in [5, 5.41) is 5.96. The first kappa shape index (κ1) is 19.8. The van der Waals surface area contributed by atoms with E-state index in [1.807, 2.05) is 54.6 Å². The zero-order valence-electron chi connectivity index (χ0n) is 15.7. The van der Waals surface area contributed by atoms with Gasteiger partial charge in [-0.15, -0.1) is 0 Å². The van der Waals surface area contributed by atoms with Crippen LogP contribution in [0.3, 0.4) is 0 Å². The molecule has 2 aromatic rings. The summed E-state index contributed by atoms with van der Waals surface area (Å²) >= 11 is 0. The lowest BCUT2D eigenvalue weighted by Gasteiger charge is -2.23. The first-order valence-electron chi connectivity index (χ1n) is 8.95. The number of methoxy groups -OCH3 is 1. The van der Waals surface area contributed by atoms with Crippen LogP contribution in [0, 0.1) is 5.92 Å². The standard InChI is InChI=1S/C21H28N2O3/c1-16(2)20(17-10-5-4-6-11-17)23-21(24)22-18-12-7-8-13-19(18)26-15-9-14-25-3/h4-8,10-13,16,20H,9,14-15H2,1-3H3,(H2,22,23,24). The largest absolute Gasteiger partial charge is 0.491 e. The average molecular weight is 356 g/mol. The number of urea groups is 1. The van der Waals surface area contributed by atoms with Crippen LogP contribution < -0.4 is 15.4 Å². The molecule has 0 radical (unpaired) electrons. The van der Waals surface area contributed by atoms with Crippen LogP contribution in [-0.2, 0) is 4.74 Å². The number of ether oxygens (including phenoxy) is 2. The molecule has 1 unspecified atom stereocenters. The van der Waals surface area contributed by atoms with Gasteiger partial charge in [0.2, 0.25) is 0 Å². The van der Waals surface area contributed by atoms with Crippen molar-refractivity contribution in [1.82, 2.24) is 5.32 Å². The van der Waals surface area contributed by atoms with Crippen LogP contribution in [0.4, 0.5) is 10.5 Å². The van der Waals surface area contributed by atoms with Gasteiger partial charge in [0.25, 0.3) is 0 Å². The summed E-state index contributed by atoms with van der Waals surface area (Å²) in [6.07, 6.45) is 0.792. The molecule has 0 heterocycles. The van der Waals surface area contributed by atoms with Gasteiger partial charge in [0.05, 0.1) is 18.3 Å². The molecule has 2 aromatic carbocycles. The maximum absolute atomic E-state index is 12.5. The smallest absolute Gasteiger partial charge is 0.319 e. The van der Waals surface area contributed by atoms with Crippen molar-refractivity contribution < 1.29 is 14.3 Å². The molecule has 0 saturated carbocycles. The quantitative estimate of drug-likeness (QED) is 0.645. The predicted octanol–water partition coefficient (Wildman–Crippen LogP) is 4.62. The fourth-order valence-electron chi connectivity index (χ4n) is 2.68. The SMILES string of the molecule is COCCCOc1ccccc1NC(=O)NC(c1ccccc1)C(C)C. The summed E-state index contributed by atoms with van der Waals surface area (Å²) in [6, 6.07) is 17.1. The van der Waals surface area contributed by atoms with E-state index in [4.69, 9.17) is 9.47 Å². The topological polar surface area (TPSA) is 59.6 Å². The molecular weight excluding hydrogens is 328 g/mol. The Morgan fingerprint density at radius 1 is 1.00 bits per heavy atom. The number of nitrogens with one attached hydrogen (secondary N) is 2. The van der Waals surface area contributed by atoms with Gasteiger partial charge in [-0.2, -0.15) is 0 Å². The molecule has 2 rings (SSSR count). The van der Waals surface area contributed by atoms with Crippen molar-refractivity contribution in [3.63, 3.8) is 0 Å². The van der Waals surface area contributed by atoms with E-state index >= 15 is 0 Å². The number of amides is 2. The molecule has 1 atom stereocenters. The van der Waals surface area contributed by atoms with E-state index in [-0.39, 0.29) is 18.0 Å². The summed E-state index contributed by atoms with van der Waals surface area (Å²) in [7, 11) is 1.66. The van der Waals surface area contributed by atoms with Gasteiger partial charge in [0.15, 0.2) is 0 Å². The molecule has 140 valence electrons. The number of para-hydroxylation sites is 2. The van der Waals surface area contributed by atoms with Gasteiger partial charge in [-0.3, -0.25) is 0 Å². The molecule has 0 fully saturated rings. The Balaban J connectivity index is 2.00. The molecule has 5 heteroatoms. The molecule has 0 aliphatic heterocycles. The van der Waals surface area contributed by atoms with E-state index in [0.717, 1.165) is 12.0 Å². The van der Waals surface area contributed by atoms with Crippen LogP contribution in [-0.4, -0.2) is 26.4 Å². The van der Waals surface area contributed by atoms with Crippen LogP contribution in [0.5, 0.6) is 5.75 Å². The average Bonchev–Trinajstić information content (AvgIpc) is 2.65. The predicted molar refractivity (Wildman–Crippen MR) is 105 cm³/mol. The minimum atomic E-state index is -0.250. The highest BCUT2D eigenvalue weighted by Crippen LogP contribution is 2.25. The van der Waals surface area contributed by atoms with Crippen molar-refractivity contribution in [1.29, 1.82) is 0 Å². The third-order valence-corrected chi connectivity index (χ3v) is 4.00. The summed E-state index contributed by atoms with van der Waals surface area (Å²) < 4.78 is 10.8. The first-order chi connectivity index (χ1) is 12.6. The molecule has 0 aliphatic rings. The third kappa shape index (κ3) is 6.08. The highest BCUT2D eigenvalue weighted by molar-refractivity contribution is 5.91. The van der Waals surface area contributed by atoms with Crippen LogP contribution in [0.25, 0.3) is 0 Å². The number of carbonyl (C=O) groups is 1. The van der Waals surface area contributed by atoms with E-state index in [0.29, 0.717) is 24.7 Å². The fourth-order valence-corrected chi connectivity index (χ4v) is 2.68. The fraction of sp³-hybridized carbons (Fsp3) is 0.381. The van der Waals surface area contributed by atoms with Gasteiger partial charge in [0, 0.05) is 20.1 Å². The van der Waals surface area contributed by atoms with Gasteiger partial charge in [0.1, 0.15) is 5.75 Å². The van der Waals surface area contributed by atoms with Crippen molar-refractivity contribution in [3.8, 4) is 5.75 Å². The van der Waals surface area contributed by atoms with Crippen molar-refractivity contribution in [3.05, 3.63) is 60.2 Å². The molecule has 0 aromatic heterocycles. The lowest BCUT2D eigenvalue weighted by atomic mass is 9.96. The van der Waals surface area contributed by atoms with Crippen LogP contribution in [0.15, 0.2) is 54.6 Å². The number of hydrogen-bond donors (Lipinski definition) is 2. The Hall–Kier alpha value is -2.53. The normalized spacial score (nSPS) is 11.8. The van der Waals surface area contributed by atoms with Gasteiger partial charge in [-0.05, 0) is 23.6 Å². The number of hydrogen-bond acceptors (Lipinski definition) is 3. The second-order valence-electron chi connectivity index (χ2n) is 6.42. The first-order valence-corrected chi connectivity index (χ1v) is 8.95. The molecule has 2 N–H and O–H groups in total. The van der Waals surface area contributed by atoms with Gasteiger partial charge >= 0.3 is 6.03 Å². The van der Waals surface area contributed by atoms with Crippen molar-refractivity contribution in [2.24, 2.45) is 5.92 Å². The minimum absolute atomic E-state index is 0.0639. The molecule has 0 spiro atoms. The zero-order chi connectivity index (χ0) is 18.8. The summed E-state index contributed by atoms with van der Waals surface area (Å²) in [6.45, 7) is 5.35. The van der Waals surface area contributed by atoms with E-state index in [1.54, 1.807) is 7.11 Å². The summed E-state index contributed by atoms with van der Waals surface area (Å²) in [4.78, 5) is 12.5. The maximum Gasteiger partial charge on any atom is 0.319 e. The Kier molecular flexibility index (Phi) is 7.96. The van der Waals surface area contributed by atoms with E-state index < -0.39 is 0 Å². The molecule has 0 saturated heterocycles. The van der Waals surface area contributed by atoms with Crippen LogP contribution in [0.2, 0.25) is 0 Å². The lowest BCUT2D eigenvalue weighted by Crippen LogP contribution is -2.35. The van der Waals surface area contributed by atoms with E-state index in [1.165, 1.54) is 0 Å². The Morgan fingerprint density at radius 2 is 1.69 bits per heavy atom. The Morgan fingerprint density at radius 3 is 2.38 bits per heavy atom. The monoisotopic (exact) mass is 356 g/mol. The Labute approximate surface area is 155 Å².